The fourth-order valence-corrected chi connectivity index (χ4v) is 1.38. The smallest absolute Gasteiger partial charge is 0.329 e. The number of carbonyl (C=O) groups excluding carboxylic acids is 1. The first-order valence-electron chi connectivity index (χ1n) is 4.31. The number of alkyl halides is 2. The minimum Gasteiger partial charge on any atom is -0.398 e. The third-order valence-corrected chi connectivity index (χ3v) is 2.06. The summed E-state index contributed by atoms with van der Waals surface area (Å²) in [4.78, 5) is 10.3. The zero-order chi connectivity index (χ0) is 11.6. The summed E-state index contributed by atoms with van der Waals surface area (Å²) in [6.45, 7) is 1.33. The van der Waals surface area contributed by atoms with Crippen LogP contribution in [-0.2, 0) is 10.7 Å². The number of nitrogen functional groups attached to an aromatic ring is 1. The van der Waals surface area contributed by atoms with Crippen LogP contribution in [0.25, 0.3) is 0 Å². The molecule has 0 radical (unpaired) electrons. The van der Waals surface area contributed by atoms with E-state index in [0.29, 0.717) is 0 Å². The van der Waals surface area contributed by atoms with E-state index in [9.17, 15) is 18.7 Å². The predicted molar refractivity (Wildman–Crippen MR) is 51.4 cm³/mol. The Bertz CT molecular complexity index is 378. The van der Waals surface area contributed by atoms with E-state index in [1.807, 2.05) is 0 Å². The summed E-state index contributed by atoms with van der Waals surface area (Å²) in [7, 11) is 0. The second kappa shape index (κ2) is 3.94. The zero-order valence-corrected chi connectivity index (χ0v) is 8.08. The van der Waals surface area contributed by atoms with Crippen molar-refractivity contribution in [3.8, 4) is 0 Å². The number of benzene rings is 1. The minimum atomic E-state index is -3.67. The zero-order valence-electron chi connectivity index (χ0n) is 8.08. The lowest BCUT2D eigenvalue weighted by Crippen LogP contribution is -2.20. The fraction of sp³-hybridized carbons (Fsp3) is 0.300. The van der Waals surface area contributed by atoms with Crippen molar-refractivity contribution in [1.82, 2.24) is 0 Å². The van der Waals surface area contributed by atoms with Crippen LogP contribution in [0.1, 0.15) is 24.2 Å². The molecule has 1 atom stereocenters. The van der Waals surface area contributed by atoms with Gasteiger partial charge in [-0.2, -0.15) is 8.78 Å². The normalized spacial score (nSPS) is 13.6. The van der Waals surface area contributed by atoms with E-state index in [4.69, 9.17) is 5.73 Å². The van der Waals surface area contributed by atoms with Crippen molar-refractivity contribution in [2.24, 2.45) is 0 Å². The van der Waals surface area contributed by atoms with Crippen molar-refractivity contribution < 1.29 is 18.7 Å². The third-order valence-electron chi connectivity index (χ3n) is 2.06. The number of aliphatic hydroxyl groups excluding tert-OH is 1. The Morgan fingerprint density at radius 2 is 2.13 bits per heavy atom. The highest BCUT2D eigenvalue weighted by Gasteiger charge is 2.36. The molecule has 0 aliphatic heterocycles. The maximum absolute atomic E-state index is 13.2. The number of nitrogens with two attached hydrogens (primary N) is 1. The molecular weight excluding hydrogens is 204 g/mol. The highest BCUT2D eigenvalue weighted by Crippen LogP contribution is 2.35. The second-order valence-electron chi connectivity index (χ2n) is 3.23. The SMILES string of the molecule is C[C@H](O)c1cccc(N)c1C(F)(F)C=O. The van der Waals surface area contributed by atoms with Crippen LogP contribution in [0.4, 0.5) is 14.5 Å². The Kier molecular flexibility index (Phi) is 3.04. The number of rotatable bonds is 3. The molecule has 0 heterocycles. The molecule has 3 nitrogen and oxygen atoms in total. The van der Waals surface area contributed by atoms with Crippen LogP contribution in [0.2, 0.25) is 0 Å². The fourth-order valence-electron chi connectivity index (χ4n) is 1.38. The molecule has 1 rings (SSSR count). The molecule has 3 N–H and O–H groups in total. The Morgan fingerprint density at radius 1 is 1.53 bits per heavy atom. The monoisotopic (exact) mass is 215 g/mol. The number of aliphatic hydroxyl groups is 1. The van der Waals surface area contributed by atoms with Crippen molar-refractivity contribution in [2.75, 3.05) is 5.73 Å². The molecule has 0 fully saturated rings. The van der Waals surface area contributed by atoms with E-state index < -0.39 is 23.9 Å². The van der Waals surface area contributed by atoms with Crippen molar-refractivity contribution >= 4 is 12.0 Å². The van der Waals surface area contributed by atoms with Crippen LogP contribution in [0.5, 0.6) is 0 Å². The third kappa shape index (κ3) is 2.12. The molecule has 0 aliphatic rings. The van der Waals surface area contributed by atoms with Crippen LogP contribution < -0.4 is 5.73 Å². The van der Waals surface area contributed by atoms with Gasteiger partial charge in [-0.25, -0.2) is 0 Å². The lowest BCUT2D eigenvalue weighted by Gasteiger charge is -2.18. The standard InChI is InChI=1S/C10H11F2NO2/c1-6(15)7-3-2-4-8(13)9(7)10(11,12)5-14/h2-6,15H,13H2,1H3/t6-/m0/s1. The highest BCUT2D eigenvalue weighted by molar-refractivity contribution is 5.70. The van der Waals surface area contributed by atoms with Crippen LogP contribution in [0, 0.1) is 0 Å². The quantitative estimate of drug-likeness (QED) is 0.594. The first-order chi connectivity index (χ1) is 6.90. The first kappa shape index (κ1) is 11.6. The van der Waals surface area contributed by atoms with Crippen LogP contribution >= 0.6 is 0 Å². The van der Waals surface area contributed by atoms with E-state index in [-0.39, 0.29) is 11.3 Å². The van der Waals surface area contributed by atoms with Gasteiger partial charge in [0.25, 0.3) is 0 Å². The number of hydrogen-bond acceptors (Lipinski definition) is 3. The van der Waals surface area contributed by atoms with Crippen LogP contribution in [-0.4, -0.2) is 11.4 Å². The van der Waals surface area contributed by atoms with Gasteiger partial charge in [-0.05, 0) is 18.6 Å². The summed E-state index contributed by atoms with van der Waals surface area (Å²) in [5, 5.41) is 9.28. The molecule has 82 valence electrons. The van der Waals surface area contributed by atoms with Gasteiger partial charge in [-0.1, -0.05) is 12.1 Å². The Labute approximate surface area is 85.5 Å². The van der Waals surface area contributed by atoms with Gasteiger partial charge in [0.1, 0.15) is 0 Å². The molecule has 1 aromatic rings. The molecule has 5 heteroatoms. The van der Waals surface area contributed by atoms with Gasteiger partial charge in [0, 0.05) is 5.69 Å². The summed E-state index contributed by atoms with van der Waals surface area (Å²) in [5.41, 5.74) is 4.52. The maximum atomic E-state index is 13.2. The summed E-state index contributed by atoms with van der Waals surface area (Å²) >= 11 is 0. The number of carbonyl (C=O) groups is 1. The van der Waals surface area contributed by atoms with Gasteiger partial charge in [-0.15, -0.1) is 0 Å². The van der Waals surface area contributed by atoms with E-state index in [0.717, 1.165) is 0 Å². The molecule has 0 bridgehead atoms. The number of aldehydes is 1. The minimum absolute atomic E-state index is 0.0351. The van der Waals surface area contributed by atoms with Crippen molar-refractivity contribution in [2.45, 2.75) is 19.0 Å². The first-order valence-corrected chi connectivity index (χ1v) is 4.31. The molecule has 0 saturated heterocycles. The molecule has 1 aromatic carbocycles. The molecular formula is C10H11F2NO2. The summed E-state index contributed by atoms with van der Waals surface area (Å²) in [6, 6.07) is 4.02. The predicted octanol–water partition coefficient (Wildman–Crippen LogP) is 1.61. The number of anilines is 1. The van der Waals surface area contributed by atoms with Gasteiger partial charge < -0.3 is 10.8 Å². The van der Waals surface area contributed by atoms with Gasteiger partial charge >= 0.3 is 5.92 Å². The second-order valence-corrected chi connectivity index (χ2v) is 3.23. The summed E-state index contributed by atoms with van der Waals surface area (Å²) < 4.78 is 26.4. The van der Waals surface area contributed by atoms with E-state index >= 15 is 0 Å². The Hall–Kier alpha value is -1.49. The average molecular weight is 215 g/mol. The maximum Gasteiger partial charge on any atom is 0.329 e. The summed E-state index contributed by atoms with van der Waals surface area (Å²) in [5.74, 6) is -3.67. The molecule has 0 saturated carbocycles. The molecule has 0 unspecified atom stereocenters. The Balaban J connectivity index is 3.44. The van der Waals surface area contributed by atoms with Crippen LogP contribution in [0.15, 0.2) is 18.2 Å². The van der Waals surface area contributed by atoms with E-state index in [2.05, 4.69) is 0 Å². The molecule has 0 aromatic heterocycles. The molecule has 0 spiro atoms. The van der Waals surface area contributed by atoms with Gasteiger partial charge in [0.05, 0.1) is 11.7 Å². The highest BCUT2D eigenvalue weighted by atomic mass is 19.3. The van der Waals surface area contributed by atoms with Gasteiger partial charge in [0.2, 0.25) is 0 Å². The topological polar surface area (TPSA) is 63.3 Å². The number of halogens is 2. The van der Waals surface area contributed by atoms with E-state index in [1.165, 1.54) is 25.1 Å². The lowest BCUT2D eigenvalue weighted by atomic mass is 9.97. The van der Waals surface area contributed by atoms with E-state index in [1.54, 1.807) is 0 Å². The lowest BCUT2D eigenvalue weighted by molar-refractivity contribution is -0.130. The van der Waals surface area contributed by atoms with Gasteiger partial charge in [0.15, 0.2) is 6.29 Å². The Morgan fingerprint density at radius 3 is 2.60 bits per heavy atom. The number of hydrogen-bond donors (Lipinski definition) is 2. The molecule has 0 amide bonds. The van der Waals surface area contributed by atoms with Crippen LogP contribution in [0.3, 0.4) is 0 Å². The molecule has 0 aliphatic carbocycles. The summed E-state index contributed by atoms with van der Waals surface area (Å²) in [6.07, 6.45) is -1.58. The van der Waals surface area contributed by atoms with Crippen molar-refractivity contribution in [3.05, 3.63) is 29.3 Å². The van der Waals surface area contributed by atoms with Gasteiger partial charge in [-0.3, -0.25) is 4.79 Å². The molecule has 15 heavy (non-hydrogen) atoms. The largest absolute Gasteiger partial charge is 0.398 e. The van der Waals surface area contributed by atoms with Crippen molar-refractivity contribution in [1.29, 1.82) is 0 Å². The average Bonchev–Trinajstić information content (AvgIpc) is 2.17. The van der Waals surface area contributed by atoms with Crippen molar-refractivity contribution in [3.63, 3.8) is 0 Å².